The van der Waals surface area contributed by atoms with Crippen LogP contribution >= 0.6 is 11.3 Å². The average Bonchev–Trinajstić information content (AvgIpc) is 2.61. The molecule has 0 aromatic carbocycles. The number of aromatic nitrogens is 1. The molecule has 3 rings (SSSR count). The van der Waals surface area contributed by atoms with Gasteiger partial charge in [-0.05, 0) is 13.0 Å². The summed E-state index contributed by atoms with van der Waals surface area (Å²) >= 11 is 1.55. The van der Waals surface area contributed by atoms with Gasteiger partial charge in [0.25, 0.3) is 5.56 Å². The van der Waals surface area contributed by atoms with E-state index < -0.39 is 0 Å². The molecule has 3 nitrogen and oxygen atoms in total. The van der Waals surface area contributed by atoms with Crippen LogP contribution < -0.4 is 5.56 Å². The Balaban J connectivity index is 2.44. The summed E-state index contributed by atoms with van der Waals surface area (Å²) in [5.74, 6) is 0. The minimum Gasteiger partial charge on any atom is -0.376 e. The highest BCUT2D eigenvalue weighted by Crippen LogP contribution is 2.28. The zero-order chi connectivity index (χ0) is 10.4. The first kappa shape index (κ1) is 9.12. The van der Waals surface area contributed by atoms with Crippen LogP contribution in [0.3, 0.4) is 0 Å². The van der Waals surface area contributed by atoms with Crippen LogP contribution in [0.15, 0.2) is 10.9 Å². The van der Waals surface area contributed by atoms with E-state index in [0.717, 1.165) is 22.2 Å². The third-order valence-electron chi connectivity index (χ3n) is 2.76. The van der Waals surface area contributed by atoms with Crippen LogP contribution in [0.25, 0.3) is 10.1 Å². The van der Waals surface area contributed by atoms with E-state index in [2.05, 4.69) is 11.1 Å². The van der Waals surface area contributed by atoms with Gasteiger partial charge in [-0.25, -0.2) is 0 Å². The molecule has 0 bridgehead atoms. The largest absolute Gasteiger partial charge is 0.376 e. The lowest BCUT2D eigenvalue weighted by molar-refractivity contribution is 0.110. The molecule has 0 unspecified atom stereocenters. The van der Waals surface area contributed by atoms with E-state index in [0.29, 0.717) is 13.2 Å². The number of pyridine rings is 1. The fourth-order valence-corrected chi connectivity index (χ4v) is 3.00. The van der Waals surface area contributed by atoms with Crippen LogP contribution in [-0.4, -0.2) is 11.6 Å². The number of fused-ring (bicyclic) bond motifs is 3. The summed E-state index contributed by atoms with van der Waals surface area (Å²) in [4.78, 5) is 15.9. The number of hydrogen-bond acceptors (Lipinski definition) is 3. The number of thiophene rings is 1. The highest BCUT2D eigenvalue weighted by atomic mass is 32.1. The lowest BCUT2D eigenvalue weighted by atomic mass is 10.1. The fraction of sp³-hybridized carbons (Fsp3) is 0.364. The zero-order valence-corrected chi connectivity index (χ0v) is 9.24. The van der Waals surface area contributed by atoms with Crippen molar-refractivity contribution in [2.75, 3.05) is 6.61 Å². The van der Waals surface area contributed by atoms with E-state index in [1.807, 2.05) is 6.92 Å². The lowest BCUT2D eigenvalue weighted by Gasteiger charge is -2.16. The zero-order valence-electron chi connectivity index (χ0n) is 8.42. The van der Waals surface area contributed by atoms with Gasteiger partial charge in [0.15, 0.2) is 0 Å². The van der Waals surface area contributed by atoms with Crippen molar-refractivity contribution in [3.05, 3.63) is 32.6 Å². The highest BCUT2D eigenvalue weighted by molar-refractivity contribution is 7.18. The predicted molar refractivity (Wildman–Crippen MR) is 60.5 cm³/mol. The second-order valence-corrected chi connectivity index (χ2v) is 5.07. The van der Waals surface area contributed by atoms with Crippen molar-refractivity contribution in [2.24, 2.45) is 0 Å². The van der Waals surface area contributed by atoms with Crippen LogP contribution in [0.4, 0.5) is 0 Å². The van der Waals surface area contributed by atoms with Gasteiger partial charge in [0.2, 0.25) is 0 Å². The molecule has 0 spiro atoms. The maximum absolute atomic E-state index is 11.8. The van der Waals surface area contributed by atoms with Crippen molar-refractivity contribution in [3.8, 4) is 0 Å². The SMILES string of the molecule is Cc1cc2c3c([nH]c(=O)c2s1)CCOC3. The molecule has 15 heavy (non-hydrogen) atoms. The molecule has 78 valence electrons. The monoisotopic (exact) mass is 221 g/mol. The number of aromatic amines is 1. The van der Waals surface area contributed by atoms with E-state index >= 15 is 0 Å². The molecular weight excluding hydrogens is 210 g/mol. The number of nitrogens with one attached hydrogen (secondary N) is 1. The van der Waals surface area contributed by atoms with Gasteiger partial charge in [-0.1, -0.05) is 0 Å². The van der Waals surface area contributed by atoms with Crippen molar-refractivity contribution in [2.45, 2.75) is 20.0 Å². The second-order valence-electron chi connectivity index (χ2n) is 3.81. The predicted octanol–water partition coefficient (Wildman–Crippen LogP) is 1.97. The fourth-order valence-electron chi connectivity index (χ4n) is 2.07. The third-order valence-corrected chi connectivity index (χ3v) is 3.81. The van der Waals surface area contributed by atoms with Gasteiger partial charge >= 0.3 is 0 Å². The third kappa shape index (κ3) is 1.33. The van der Waals surface area contributed by atoms with Gasteiger partial charge in [0, 0.05) is 27.9 Å². The molecule has 0 fully saturated rings. The number of H-pyrrole nitrogens is 1. The summed E-state index contributed by atoms with van der Waals surface area (Å²) in [6.45, 7) is 3.36. The van der Waals surface area contributed by atoms with Gasteiger partial charge in [-0.3, -0.25) is 4.79 Å². The Bertz CT molecular complexity index is 582. The van der Waals surface area contributed by atoms with Crippen LogP contribution in [0.5, 0.6) is 0 Å². The second kappa shape index (κ2) is 3.18. The van der Waals surface area contributed by atoms with Crippen LogP contribution in [0, 0.1) is 6.92 Å². The smallest absolute Gasteiger partial charge is 0.266 e. The molecule has 0 radical (unpaired) electrons. The summed E-state index contributed by atoms with van der Waals surface area (Å²) in [6.07, 6.45) is 0.815. The molecule has 0 atom stereocenters. The maximum atomic E-state index is 11.8. The molecule has 1 N–H and O–H groups in total. The average molecular weight is 221 g/mol. The summed E-state index contributed by atoms with van der Waals surface area (Å²) < 4.78 is 6.27. The standard InChI is InChI=1S/C11H11NO2S/c1-6-4-7-8-5-14-3-2-9(8)12-11(13)10(7)15-6/h4H,2-3,5H2,1H3,(H,12,13). The molecule has 0 saturated carbocycles. The maximum Gasteiger partial charge on any atom is 0.266 e. The number of ether oxygens (including phenoxy) is 1. The first-order valence-corrected chi connectivity index (χ1v) is 5.79. The topological polar surface area (TPSA) is 42.1 Å². The Kier molecular flexibility index (Phi) is 1.94. The molecule has 2 aromatic heterocycles. The Morgan fingerprint density at radius 2 is 2.40 bits per heavy atom. The van der Waals surface area contributed by atoms with Gasteiger partial charge in [0.1, 0.15) is 4.70 Å². The van der Waals surface area contributed by atoms with Crippen LogP contribution in [0.2, 0.25) is 0 Å². The first-order valence-electron chi connectivity index (χ1n) is 4.97. The molecule has 0 aliphatic carbocycles. The normalized spacial score (nSPS) is 15.5. The Morgan fingerprint density at radius 1 is 1.53 bits per heavy atom. The van der Waals surface area contributed by atoms with Crippen molar-refractivity contribution < 1.29 is 4.74 Å². The van der Waals surface area contributed by atoms with Gasteiger partial charge < -0.3 is 9.72 Å². The van der Waals surface area contributed by atoms with Gasteiger partial charge in [-0.2, -0.15) is 0 Å². The van der Waals surface area contributed by atoms with Crippen molar-refractivity contribution in [1.82, 2.24) is 4.98 Å². The van der Waals surface area contributed by atoms with Crippen molar-refractivity contribution in [1.29, 1.82) is 0 Å². The van der Waals surface area contributed by atoms with E-state index in [1.54, 1.807) is 11.3 Å². The van der Waals surface area contributed by atoms with E-state index in [-0.39, 0.29) is 5.56 Å². The molecule has 4 heteroatoms. The molecule has 1 aliphatic heterocycles. The van der Waals surface area contributed by atoms with E-state index in [1.165, 1.54) is 10.4 Å². The molecular formula is C11H11NO2S. The molecule has 0 amide bonds. The van der Waals surface area contributed by atoms with E-state index in [9.17, 15) is 4.79 Å². The van der Waals surface area contributed by atoms with Gasteiger partial charge in [0.05, 0.1) is 13.2 Å². The number of hydrogen-bond donors (Lipinski definition) is 1. The first-order chi connectivity index (χ1) is 7.25. The Morgan fingerprint density at radius 3 is 3.27 bits per heavy atom. The molecule has 1 aliphatic rings. The molecule has 0 saturated heterocycles. The van der Waals surface area contributed by atoms with Crippen LogP contribution in [0.1, 0.15) is 16.1 Å². The van der Waals surface area contributed by atoms with Crippen molar-refractivity contribution >= 4 is 21.4 Å². The molecule has 3 heterocycles. The van der Waals surface area contributed by atoms with Gasteiger partial charge in [-0.15, -0.1) is 11.3 Å². The molecule has 2 aromatic rings. The number of aryl methyl sites for hydroxylation is 1. The number of rotatable bonds is 0. The summed E-state index contributed by atoms with van der Waals surface area (Å²) in [6, 6.07) is 2.09. The Labute approximate surface area is 90.7 Å². The summed E-state index contributed by atoms with van der Waals surface area (Å²) in [7, 11) is 0. The summed E-state index contributed by atoms with van der Waals surface area (Å²) in [5, 5.41) is 1.08. The van der Waals surface area contributed by atoms with Crippen molar-refractivity contribution in [3.63, 3.8) is 0 Å². The highest BCUT2D eigenvalue weighted by Gasteiger charge is 2.16. The van der Waals surface area contributed by atoms with E-state index in [4.69, 9.17) is 4.74 Å². The minimum atomic E-state index is 0.0451. The summed E-state index contributed by atoms with van der Waals surface area (Å²) in [5.41, 5.74) is 2.26. The van der Waals surface area contributed by atoms with Crippen LogP contribution in [-0.2, 0) is 17.8 Å². The lowest BCUT2D eigenvalue weighted by Crippen LogP contribution is -2.18. The minimum absolute atomic E-state index is 0.0451. The Hall–Kier alpha value is -1.13. The quantitative estimate of drug-likeness (QED) is 0.739.